The molecule has 0 rings (SSSR count). The molecule has 0 aliphatic heterocycles. The van der Waals surface area contributed by atoms with Gasteiger partial charge in [0.15, 0.2) is 6.10 Å². The van der Waals surface area contributed by atoms with Gasteiger partial charge in [0.05, 0.1) is 6.61 Å². The Balaban J connectivity index is 3.84. The zero-order chi connectivity index (χ0) is 42.5. The minimum Gasteiger partial charge on any atom is -0.462 e. The molecule has 0 aromatic carbocycles. The number of carbonyl (C=O) groups is 2. The van der Waals surface area contributed by atoms with E-state index in [2.05, 4.69) is 67.0 Å². The third-order valence-electron chi connectivity index (χ3n) is 10.4. The number of unbranched alkanes of at least 4 members (excludes halogenated alkanes) is 26. The van der Waals surface area contributed by atoms with Gasteiger partial charge < -0.3 is 19.3 Å². The number of phosphoric acid groups is 1. The third kappa shape index (κ3) is 46.7. The first-order chi connectivity index (χ1) is 28.3. The summed E-state index contributed by atoms with van der Waals surface area (Å²) in [6.45, 7) is 3.60. The lowest BCUT2D eigenvalue weighted by Crippen LogP contribution is -2.29. The molecule has 0 fully saturated rings. The Morgan fingerprint density at radius 1 is 0.466 bits per heavy atom. The molecule has 0 aromatic rings. The van der Waals surface area contributed by atoms with Crippen molar-refractivity contribution >= 4 is 19.8 Å². The van der Waals surface area contributed by atoms with Gasteiger partial charge >= 0.3 is 19.8 Å². The minimum absolute atomic E-state index is 0.207. The molecule has 0 bridgehead atoms. The van der Waals surface area contributed by atoms with E-state index in [1.54, 1.807) is 0 Å². The monoisotopic (exact) mass is 837 g/mol. The van der Waals surface area contributed by atoms with Gasteiger partial charge in [-0.15, -0.1) is 0 Å². The highest BCUT2D eigenvalue weighted by molar-refractivity contribution is 7.46. The zero-order valence-corrected chi connectivity index (χ0v) is 38.3. The number of ether oxygens (including phenoxy) is 2. The van der Waals surface area contributed by atoms with Crippen molar-refractivity contribution in [3.8, 4) is 0 Å². The predicted molar refractivity (Wildman–Crippen MR) is 244 cm³/mol. The lowest BCUT2D eigenvalue weighted by Gasteiger charge is -2.18. The van der Waals surface area contributed by atoms with E-state index in [0.29, 0.717) is 6.42 Å². The van der Waals surface area contributed by atoms with Gasteiger partial charge in [-0.1, -0.05) is 217 Å². The number of esters is 2. The Kier molecular flexibility index (Phi) is 43.0. The molecule has 0 heterocycles. The molecule has 58 heavy (non-hydrogen) atoms. The van der Waals surface area contributed by atoms with Gasteiger partial charge in [0, 0.05) is 12.8 Å². The molecule has 9 heteroatoms. The Morgan fingerprint density at radius 3 is 1.24 bits per heavy atom. The van der Waals surface area contributed by atoms with Crippen molar-refractivity contribution < 1.29 is 37.9 Å². The summed E-state index contributed by atoms with van der Waals surface area (Å²) < 4.78 is 26.5. The van der Waals surface area contributed by atoms with Crippen molar-refractivity contribution in [3.63, 3.8) is 0 Å². The smallest absolute Gasteiger partial charge is 0.462 e. The maximum Gasteiger partial charge on any atom is 0.469 e. The van der Waals surface area contributed by atoms with Gasteiger partial charge in [-0.05, 0) is 51.4 Å². The van der Waals surface area contributed by atoms with Crippen LogP contribution in [-0.2, 0) is 28.2 Å². The lowest BCUT2D eigenvalue weighted by atomic mass is 10.0. The molecule has 8 nitrogen and oxygen atoms in total. The second kappa shape index (κ2) is 44.6. The molecule has 0 aliphatic rings. The first kappa shape index (κ1) is 56.0. The standard InChI is InChI=1S/C49H89O8P/c1-3-5-7-9-11-13-15-17-19-21-22-23-24-25-26-28-30-32-34-36-38-40-42-44-49(51)57-47(46-56-58(52,53)54)45-55-48(50)43-41-39-37-35-33-31-29-27-20-18-16-14-12-10-8-6-4-2/h5,7,11,13,17,19,22-23,47H,3-4,6,8-10,12,14-16,18,20-21,24-46H2,1-2H3,(H2,52,53,54)/b7-5-,13-11-,19-17-,23-22-. The third-order valence-corrected chi connectivity index (χ3v) is 10.8. The molecule has 0 aliphatic carbocycles. The maximum absolute atomic E-state index is 12.5. The zero-order valence-electron chi connectivity index (χ0n) is 37.4. The van der Waals surface area contributed by atoms with E-state index < -0.39 is 32.5 Å². The summed E-state index contributed by atoms with van der Waals surface area (Å²) in [5.74, 6) is -0.881. The molecule has 0 aromatic heterocycles. The molecule has 1 unspecified atom stereocenters. The quantitative estimate of drug-likeness (QED) is 0.0269. The van der Waals surface area contributed by atoms with Crippen molar-refractivity contribution in [2.45, 2.75) is 238 Å². The molecule has 0 saturated heterocycles. The van der Waals surface area contributed by atoms with E-state index in [1.807, 2.05) is 0 Å². The van der Waals surface area contributed by atoms with Crippen LogP contribution in [0, 0.1) is 0 Å². The molecule has 0 saturated carbocycles. The molecular formula is C49H89O8P. The number of carbonyl (C=O) groups excluding carboxylic acids is 2. The van der Waals surface area contributed by atoms with E-state index >= 15 is 0 Å². The Labute approximate surface area is 356 Å². The highest BCUT2D eigenvalue weighted by atomic mass is 31.2. The van der Waals surface area contributed by atoms with E-state index in [1.165, 1.54) is 128 Å². The van der Waals surface area contributed by atoms with Crippen molar-refractivity contribution in [3.05, 3.63) is 48.6 Å². The molecule has 0 radical (unpaired) electrons. The van der Waals surface area contributed by atoms with E-state index in [4.69, 9.17) is 19.3 Å². The predicted octanol–water partition coefficient (Wildman–Crippen LogP) is 15.1. The van der Waals surface area contributed by atoms with Gasteiger partial charge in [-0.2, -0.15) is 0 Å². The van der Waals surface area contributed by atoms with Crippen molar-refractivity contribution in [2.24, 2.45) is 0 Å². The summed E-state index contributed by atoms with van der Waals surface area (Å²) in [4.78, 5) is 43.0. The minimum atomic E-state index is -4.76. The number of rotatable bonds is 44. The van der Waals surface area contributed by atoms with Crippen LogP contribution in [0.2, 0.25) is 0 Å². The fourth-order valence-corrected chi connectivity index (χ4v) is 7.20. The first-order valence-corrected chi connectivity index (χ1v) is 25.5. The number of phosphoric ester groups is 1. The first-order valence-electron chi connectivity index (χ1n) is 23.9. The van der Waals surface area contributed by atoms with Crippen LogP contribution in [0.4, 0.5) is 0 Å². The van der Waals surface area contributed by atoms with Crippen molar-refractivity contribution in [2.75, 3.05) is 13.2 Å². The fourth-order valence-electron chi connectivity index (χ4n) is 6.84. The Morgan fingerprint density at radius 2 is 0.828 bits per heavy atom. The second-order valence-electron chi connectivity index (χ2n) is 16.1. The molecule has 0 amide bonds. The summed E-state index contributed by atoms with van der Waals surface area (Å²) in [5, 5.41) is 0. The van der Waals surface area contributed by atoms with Gasteiger partial charge in [0.1, 0.15) is 6.61 Å². The van der Waals surface area contributed by atoms with Crippen LogP contribution in [0.15, 0.2) is 48.6 Å². The van der Waals surface area contributed by atoms with Crippen LogP contribution in [0.3, 0.4) is 0 Å². The van der Waals surface area contributed by atoms with Crippen LogP contribution in [0.1, 0.15) is 232 Å². The highest BCUT2D eigenvalue weighted by Crippen LogP contribution is 2.36. The summed E-state index contributed by atoms with van der Waals surface area (Å²) in [6.07, 6.45) is 55.5. The van der Waals surface area contributed by atoms with Gasteiger partial charge in [0.25, 0.3) is 0 Å². The van der Waals surface area contributed by atoms with Crippen molar-refractivity contribution in [1.29, 1.82) is 0 Å². The van der Waals surface area contributed by atoms with Crippen LogP contribution >= 0.6 is 7.82 Å². The second-order valence-corrected chi connectivity index (χ2v) is 17.3. The lowest BCUT2D eigenvalue weighted by molar-refractivity contribution is -0.161. The molecule has 338 valence electrons. The van der Waals surface area contributed by atoms with Crippen LogP contribution in [-0.4, -0.2) is 41.0 Å². The topological polar surface area (TPSA) is 119 Å². The fraction of sp³-hybridized carbons (Fsp3) is 0.796. The molecule has 0 spiro atoms. The highest BCUT2D eigenvalue weighted by Gasteiger charge is 2.23. The molecule has 1 atom stereocenters. The van der Waals surface area contributed by atoms with Gasteiger partial charge in [-0.3, -0.25) is 14.1 Å². The summed E-state index contributed by atoms with van der Waals surface area (Å²) in [6, 6.07) is 0. The Bertz CT molecular complexity index is 1080. The largest absolute Gasteiger partial charge is 0.469 e. The average Bonchev–Trinajstić information content (AvgIpc) is 3.20. The average molecular weight is 837 g/mol. The number of allylic oxidation sites excluding steroid dienone is 8. The normalized spacial score (nSPS) is 12.8. The summed E-state index contributed by atoms with van der Waals surface area (Å²) in [5.41, 5.74) is 0. The van der Waals surface area contributed by atoms with Crippen LogP contribution in [0.5, 0.6) is 0 Å². The van der Waals surface area contributed by atoms with E-state index in [-0.39, 0.29) is 19.4 Å². The van der Waals surface area contributed by atoms with E-state index in [9.17, 15) is 14.2 Å². The maximum atomic E-state index is 12.5. The number of hydrogen-bond donors (Lipinski definition) is 2. The van der Waals surface area contributed by atoms with Gasteiger partial charge in [0.2, 0.25) is 0 Å². The molecule has 2 N–H and O–H groups in total. The van der Waals surface area contributed by atoms with Crippen LogP contribution in [0.25, 0.3) is 0 Å². The molecular weight excluding hydrogens is 748 g/mol. The summed E-state index contributed by atoms with van der Waals surface area (Å²) in [7, 11) is -4.76. The summed E-state index contributed by atoms with van der Waals surface area (Å²) >= 11 is 0. The van der Waals surface area contributed by atoms with E-state index in [0.717, 1.165) is 70.6 Å². The Hall–Kier alpha value is -1.99. The van der Waals surface area contributed by atoms with Crippen LogP contribution < -0.4 is 0 Å². The van der Waals surface area contributed by atoms with Gasteiger partial charge in [-0.25, -0.2) is 4.57 Å². The van der Waals surface area contributed by atoms with Crippen molar-refractivity contribution in [1.82, 2.24) is 0 Å². The number of hydrogen-bond acceptors (Lipinski definition) is 6. The SMILES string of the molecule is CC/C=C\C/C=C\C/C=C\C/C=C\CCCCCCCCCCCCC(=O)OC(COC(=O)CCCCCCCCCCCCCCCCCCC)COP(=O)(O)O.